The second-order valence-corrected chi connectivity index (χ2v) is 6.11. The third-order valence-corrected chi connectivity index (χ3v) is 3.24. The fourth-order valence-corrected chi connectivity index (χ4v) is 2.01. The van der Waals surface area contributed by atoms with Crippen molar-refractivity contribution in [1.82, 2.24) is 4.90 Å². The topological polar surface area (TPSA) is 72.9 Å². The minimum atomic E-state index is -2.08. The number of halogens is 1. The molecular weight excluding hydrogens is 281 g/mol. The molecule has 21 heavy (non-hydrogen) atoms. The molecule has 1 aliphatic rings. The van der Waals surface area contributed by atoms with E-state index in [1.807, 2.05) is 0 Å². The minimum Gasteiger partial charge on any atom is -0.469 e. The van der Waals surface area contributed by atoms with Gasteiger partial charge < -0.3 is 14.4 Å². The Hall–Kier alpha value is -1.66. The van der Waals surface area contributed by atoms with Crippen molar-refractivity contribution in [3.8, 4) is 0 Å². The Balaban J connectivity index is 2.56. The van der Waals surface area contributed by atoms with Gasteiger partial charge in [-0.2, -0.15) is 0 Å². The fourth-order valence-electron chi connectivity index (χ4n) is 2.01. The molecule has 0 radical (unpaired) electrons. The third-order valence-electron chi connectivity index (χ3n) is 3.24. The van der Waals surface area contributed by atoms with E-state index >= 15 is 0 Å². The van der Waals surface area contributed by atoms with Crippen LogP contribution in [-0.2, 0) is 19.1 Å². The van der Waals surface area contributed by atoms with Gasteiger partial charge in [-0.05, 0) is 20.8 Å². The predicted molar refractivity (Wildman–Crippen MR) is 72.5 cm³/mol. The van der Waals surface area contributed by atoms with Crippen LogP contribution >= 0.6 is 0 Å². The van der Waals surface area contributed by atoms with Crippen LogP contribution in [0.25, 0.3) is 0 Å². The van der Waals surface area contributed by atoms with Crippen LogP contribution in [0, 0.1) is 0 Å². The summed E-state index contributed by atoms with van der Waals surface area (Å²) in [6.45, 7) is 5.40. The first-order chi connectivity index (χ1) is 9.57. The molecule has 1 rings (SSSR count). The van der Waals surface area contributed by atoms with Gasteiger partial charge in [0.1, 0.15) is 12.0 Å². The molecule has 120 valence electrons. The number of amides is 1. The average Bonchev–Trinajstić information content (AvgIpc) is 2.37. The van der Waals surface area contributed by atoms with Crippen LogP contribution in [0.4, 0.5) is 9.18 Å². The van der Waals surface area contributed by atoms with Crippen LogP contribution in [0.1, 0.15) is 40.0 Å². The second-order valence-electron chi connectivity index (χ2n) is 6.11. The number of methoxy groups -OCH3 is 1. The lowest BCUT2D eigenvalue weighted by atomic mass is 9.88. The lowest BCUT2D eigenvalue weighted by molar-refractivity contribution is -0.147. The molecule has 0 N–H and O–H groups in total. The van der Waals surface area contributed by atoms with E-state index < -0.39 is 35.5 Å². The van der Waals surface area contributed by atoms with Gasteiger partial charge in [0.25, 0.3) is 0 Å². The van der Waals surface area contributed by atoms with Crippen LogP contribution in [0.2, 0.25) is 0 Å². The Morgan fingerprint density at radius 3 is 2.14 bits per heavy atom. The second kappa shape index (κ2) is 6.41. The number of rotatable bonds is 3. The SMILES string of the molecule is COC(=O)CC(=O)C1(F)CCN(C(=O)OC(C)(C)C)CC1. The summed E-state index contributed by atoms with van der Waals surface area (Å²) in [5.74, 6) is -1.55. The fraction of sp³-hybridized carbons (Fsp3) is 0.786. The number of hydrogen-bond acceptors (Lipinski definition) is 5. The van der Waals surface area contributed by atoms with Crippen molar-refractivity contribution in [3.63, 3.8) is 0 Å². The van der Waals surface area contributed by atoms with Gasteiger partial charge in [-0.15, -0.1) is 0 Å². The molecule has 0 aromatic rings. The highest BCUT2D eigenvalue weighted by Crippen LogP contribution is 2.29. The van der Waals surface area contributed by atoms with Gasteiger partial charge in [0.05, 0.1) is 7.11 Å². The molecule has 1 saturated heterocycles. The summed E-state index contributed by atoms with van der Waals surface area (Å²) in [7, 11) is 1.14. The predicted octanol–water partition coefficient (Wildman–Crippen LogP) is 1.86. The Kier molecular flexibility index (Phi) is 5.31. The number of carbonyl (C=O) groups is 3. The van der Waals surface area contributed by atoms with Crippen molar-refractivity contribution in [2.24, 2.45) is 0 Å². The van der Waals surface area contributed by atoms with Crippen LogP contribution in [0.15, 0.2) is 0 Å². The quantitative estimate of drug-likeness (QED) is 0.588. The molecule has 1 heterocycles. The monoisotopic (exact) mass is 303 g/mol. The molecule has 7 heteroatoms. The van der Waals surface area contributed by atoms with Gasteiger partial charge >= 0.3 is 12.1 Å². The number of likely N-dealkylation sites (tertiary alicyclic amines) is 1. The molecule has 0 atom stereocenters. The highest BCUT2D eigenvalue weighted by Gasteiger charge is 2.43. The molecule has 0 bridgehead atoms. The number of piperidine rings is 1. The number of alkyl halides is 1. The Morgan fingerprint density at radius 1 is 1.19 bits per heavy atom. The van der Waals surface area contributed by atoms with Crippen molar-refractivity contribution < 1.29 is 28.2 Å². The standard InChI is InChI=1S/C14H22FNO5/c1-13(2,3)21-12(19)16-7-5-14(15,6-8-16)10(17)9-11(18)20-4/h5-9H2,1-4H3. The summed E-state index contributed by atoms with van der Waals surface area (Å²) in [6.07, 6.45) is -1.38. The van der Waals surface area contributed by atoms with E-state index in [0.717, 1.165) is 7.11 Å². The zero-order valence-electron chi connectivity index (χ0n) is 12.9. The molecule has 0 saturated carbocycles. The summed E-state index contributed by atoms with van der Waals surface area (Å²) in [6, 6.07) is 0. The summed E-state index contributed by atoms with van der Waals surface area (Å²) in [5, 5.41) is 0. The van der Waals surface area contributed by atoms with Gasteiger partial charge in [0.2, 0.25) is 0 Å². The van der Waals surface area contributed by atoms with Crippen molar-refractivity contribution in [2.45, 2.75) is 51.3 Å². The van der Waals surface area contributed by atoms with E-state index in [9.17, 15) is 18.8 Å². The van der Waals surface area contributed by atoms with E-state index in [-0.39, 0.29) is 25.9 Å². The van der Waals surface area contributed by atoms with E-state index in [2.05, 4.69) is 4.74 Å². The van der Waals surface area contributed by atoms with Crippen LogP contribution < -0.4 is 0 Å². The van der Waals surface area contributed by atoms with Crippen molar-refractivity contribution >= 4 is 17.8 Å². The summed E-state index contributed by atoms with van der Waals surface area (Å²) in [4.78, 5) is 36.0. The third kappa shape index (κ3) is 4.99. The number of carbonyl (C=O) groups excluding carboxylic acids is 3. The summed E-state index contributed by atoms with van der Waals surface area (Å²) < 4.78 is 24.1. The van der Waals surface area contributed by atoms with Crippen molar-refractivity contribution in [2.75, 3.05) is 20.2 Å². The van der Waals surface area contributed by atoms with Crippen molar-refractivity contribution in [1.29, 1.82) is 0 Å². The Bertz CT molecular complexity index is 422. The van der Waals surface area contributed by atoms with Crippen LogP contribution in [-0.4, -0.2) is 54.2 Å². The number of Topliss-reactive ketones (excluding diaryl/α,β-unsaturated/α-hetero) is 1. The van der Waals surface area contributed by atoms with Gasteiger partial charge in [0, 0.05) is 25.9 Å². The first kappa shape index (κ1) is 17.4. The van der Waals surface area contributed by atoms with E-state index in [4.69, 9.17) is 4.74 Å². The summed E-state index contributed by atoms with van der Waals surface area (Å²) >= 11 is 0. The molecule has 0 aromatic heterocycles. The highest BCUT2D eigenvalue weighted by atomic mass is 19.1. The highest BCUT2D eigenvalue weighted by molar-refractivity contribution is 6.00. The largest absolute Gasteiger partial charge is 0.469 e. The number of ketones is 1. The maximum absolute atomic E-state index is 14.5. The minimum absolute atomic E-state index is 0.0817. The lowest BCUT2D eigenvalue weighted by Crippen LogP contribution is -2.49. The summed E-state index contributed by atoms with van der Waals surface area (Å²) in [5.41, 5.74) is -2.70. The van der Waals surface area contributed by atoms with Crippen LogP contribution in [0.5, 0.6) is 0 Å². The number of ether oxygens (including phenoxy) is 2. The first-order valence-corrected chi connectivity index (χ1v) is 6.84. The molecule has 0 aromatic carbocycles. The molecule has 1 aliphatic heterocycles. The maximum atomic E-state index is 14.5. The Labute approximate surface area is 123 Å². The van der Waals surface area contributed by atoms with Gasteiger partial charge in [0.15, 0.2) is 11.5 Å². The van der Waals surface area contributed by atoms with Crippen molar-refractivity contribution in [3.05, 3.63) is 0 Å². The first-order valence-electron chi connectivity index (χ1n) is 6.84. The molecule has 0 unspecified atom stereocenters. The molecule has 0 spiro atoms. The Morgan fingerprint density at radius 2 is 1.71 bits per heavy atom. The number of esters is 1. The molecule has 1 amide bonds. The van der Waals surface area contributed by atoms with Gasteiger partial charge in [-0.3, -0.25) is 9.59 Å². The average molecular weight is 303 g/mol. The van der Waals surface area contributed by atoms with E-state index in [1.54, 1.807) is 20.8 Å². The zero-order valence-corrected chi connectivity index (χ0v) is 12.9. The molecule has 1 fully saturated rings. The number of nitrogens with zero attached hydrogens (tertiary/aromatic N) is 1. The van der Waals surface area contributed by atoms with E-state index in [1.165, 1.54) is 4.90 Å². The maximum Gasteiger partial charge on any atom is 0.410 e. The van der Waals surface area contributed by atoms with Crippen LogP contribution in [0.3, 0.4) is 0 Å². The number of hydrogen-bond donors (Lipinski definition) is 0. The zero-order chi connectivity index (χ0) is 16.3. The van der Waals surface area contributed by atoms with Gasteiger partial charge in [-0.1, -0.05) is 0 Å². The van der Waals surface area contributed by atoms with Gasteiger partial charge in [-0.25, -0.2) is 9.18 Å². The molecule has 0 aliphatic carbocycles. The van der Waals surface area contributed by atoms with E-state index in [0.29, 0.717) is 0 Å². The smallest absolute Gasteiger partial charge is 0.410 e. The molecule has 6 nitrogen and oxygen atoms in total. The molecular formula is C14H22FNO5. The normalized spacial score (nSPS) is 18.0. The lowest BCUT2D eigenvalue weighted by Gasteiger charge is -2.36.